The minimum atomic E-state index is -3.58. The Morgan fingerprint density at radius 2 is 1.77 bits per heavy atom. The molecule has 6 nitrogen and oxygen atoms in total. The van der Waals surface area contributed by atoms with Crippen molar-refractivity contribution in [3.05, 3.63) is 28.8 Å². The largest absolute Gasteiger partial charge is 0.340 e. The zero-order valence-corrected chi connectivity index (χ0v) is 14.9. The van der Waals surface area contributed by atoms with Crippen molar-refractivity contribution in [3.63, 3.8) is 0 Å². The third-order valence-electron chi connectivity index (χ3n) is 3.67. The molecule has 124 valence electrons. The van der Waals surface area contributed by atoms with Crippen molar-refractivity contribution >= 4 is 15.9 Å². The maximum atomic E-state index is 12.5. The second kappa shape index (κ2) is 7.21. The highest BCUT2D eigenvalue weighted by atomic mass is 32.2. The summed E-state index contributed by atoms with van der Waals surface area (Å²) < 4.78 is 26.0. The van der Waals surface area contributed by atoms with Crippen molar-refractivity contribution in [1.82, 2.24) is 14.5 Å². The fourth-order valence-corrected chi connectivity index (χ4v) is 3.23. The zero-order valence-electron chi connectivity index (χ0n) is 14.1. The summed E-state index contributed by atoms with van der Waals surface area (Å²) in [7, 11) is 2.91. The van der Waals surface area contributed by atoms with Gasteiger partial charge in [0.2, 0.25) is 10.0 Å². The van der Waals surface area contributed by atoms with Gasteiger partial charge in [0.25, 0.3) is 5.91 Å². The summed E-state index contributed by atoms with van der Waals surface area (Å²) in [6.45, 7) is 4.80. The lowest BCUT2D eigenvalue weighted by molar-refractivity contribution is 0.0796. The number of hydrogen-bond acceptors (Lipinski definition) is 4. The van der Waals surface area contributed by atoms with E-state index in [0.717, 1.165) is 9.87 Å². The highest BCUT2D eigenvalue weighted by Crippen LogP contribution is 2.23. The topological polar surface area (TPSA) is 69.7 Å². The molecule has 0 saturated heterocycles. The first kappa shape index (κ1) is 18.6. The van der Waals surface area contributed by atoms with Gasteiger partial charge in [-0.2, -0.15) is 0 Å². The second-order valence-corrected chi connectivity index (χ2v) is 7.65. The Balaban J connectivity index is 3.31. The molecule has 1 rings (SSSR count). The maximum Gasteiger partial charge on any atom is 0.253 e. The summed E-state index contributed by atoms with van der Waals surface area (Å²) in [6.07, 6.45) is 0. The predicted molar refractivity (Wildman–Crippen MR) is 87.7 cm³/mol. The molecule has 1 aromatic rings. The van der Waals surface area contributed by atoms with E-state index in [2.05, 4.69) is 5.32 Å². The molecule has 0 fully saturated rings. The van der Waals surface area contributed by atoms with Crippen molar-refractivity contribution in [2.45, 2.75) is 18.7 Å². The van der Waals surface area contributed by atoms with Crippen LogP contribution in [0.1, 0.15) is 21.5 Å². The van der Waals surface area contributed by atoms with E-state index < -0.39 is 10.0 Å². The molecule has 0 bridgehead atoms. The van der Waals surface area contributed by atoms with Crippen LogP contribution in [0.4, 0.5) is 0 Å². The van der Waals surface area contributed by atoms with Crippen LogP contribution in [0.15, 0.2) is 17.0 Å². The van der Waals surface area contributed by atoms with Crippen molar-refractivity contribution in [2.75, 3.05) is 41.3 Å². The van der Waals surface area contributed by atoms with E-state index in [1.165, 1.54) is 20.2 Å². The van der Waals surface area contributed by atoms with Gasteiger partial charge in [-0.25, -0.2) is 12.7 Å². The molecule has 0 radical (unpaired) electrons. The SMILES string of the molecule is CNCCN(C)C(=O)c1cc(C)c(C)c(S(=O)(=O)N(C)C)c1. The van der Waals surface area contributed by atoms with Crippen molar-refractivity contribution in [3.8, 4) is 0 Å². The van der Waals surface area contributed by atoms with Crippen LogP contribution in [0.5, 0.6) is 0 Å². The zero-order chi connectivity index (χ0) is 17.1. The lowest BCUT2D eigenvalue weighted by atomic mass is 10.1. The molecule has 0 aromatic heterocycles. The summed E-state index contributed by atoms with van der Waals surface area (Å²) in [6, 6.07) is 3.21. The van der Waals surface area contributed by atoms with E-state index in [9.17, 15) is 13.2 Å². The predicted octanol–water partition coefficient (Wildman–Crippen LogP) is 0.845. The Bertz CT molecular complexity index is 654. The van der Waals surface area contributed by atoms with Crippen LogP contribution in [0.3, 0.4) is 0 Å². The van der Waals surface area contributed by atoms with Crippen molar-refractivity contribution in [2.24, 2.45) is 0 Å². The van der Waals surface area contributed by atoms with Crippen LogP contribution in [0.2, 0.25) is 0 Å². The molecule has 0 aliphatic carbocycles. The first-order valence-electron chi connectivity index (χ1n) is 7.06. The number of aryl methyl sites for hydroxylation is 1. The van der Waals surface area contributed by atoms with Crippen molar-refractivity contribution in [1.29, 1.82) is 0 Å². The molecule has 1 amide bonds. The number of carbonyl (C=O) groups is 1. The summed E-state index contributed by atoms with van der Waals surface area (Å²) in [4.78, 5) is 14.2. The van der Waals surface area contributed by atoms with Gasteiger partial charge in [0.1, 0.15) is 0 Å². The van der Waals surface area contributed by atoms with Gasteiger partial charge in [0.15, 0.2) is 0 Å². The summed E-state index contributed by atoms with van der Waals surface area (Å²) >= 11 is 0. The fraction of sp³-hybridized carbons (Fsp3) is 0.533. The number of rotatable bonds is 6. The smallest absolute Gasteiger partial charge is 0.253 e. The molecule has 0 aliphatic heterocycles. The van der Waals surface area contributed by atoms with E-state index in [4.69, 9.17) is 0 Å². The maximum absolute atomic E-state index is 12.5. The lowest BCUT2D eigenvalue weighted by Gasteiger charge is -2.20. The molecule has 22 heavy (non-hydrogen) atoms. The number of nitrogens with one attached hydrogen (secondary N) is 1. The van der Waals surface area contributed by atoms with Gasteiger partial charge in [-0.3, -0.25) is 4.79 Å². The number of amides is 1. The lowest BCUT2D eigenvalue weighted by Crippen LogP contribution is -2.33. The molecule has 0 atom stereocenters. The number of nitrogens with zero attached hydrogens (tertiary/aromatic N) is 2. The van der Waals surface area contributed by atoms with Gasteiger partial charge in [-0.15, -0.1) is 0 Å². The molecule has 0 saturated carbocycles. The highest BCUT2D eigenvalue weighted by molar-refractivity contribution is 7.89. The van der Waals surface area contributed by atoms with Gasteiger partial charge >= 0.3 is 0 Å². The van der Waals surface area contributed by atoms with E-state index in [1.54, 1.807) is 24.9 Å². The van der Waals surface area contributed by atoms with Crippen molar-refractivity contribution < 1.29 is 13.2 Å². The molecule has 0 aliphatic rings. The van der Waals surface area contributed by atoms with Crippen LogP contribution in [-0.2, 0) is 10.0 Å². The number of carbonyl (C=O) groups excluding carboxylic acids is 1. The van der Waals surface area contributed by atoms with Gasteiger partial charge in [-0.1, -0.05) is 0 Å². The molecule has 0 spiro atoms. The average Bonchev–Trinajstić information content (AvgIpc) is 2.46. The van der Waals surface area contributed by atoms with E-state index in [-0.39, 0.29) is 10.8 Å². The Morgan fingerprint density at radius 1 is 1.18 bits per heavy atom. The van der Waals surface area contributed by atoms with E-state index in [1.807, 2.05) is 14.0 Å². The fourth-order valence-electron chi connectivity index (χ4n) is 2.02. The molecular weight excluding hydrogens is 302 g/mol. The summed E-state index contributed by atoms with van der Waals surface area (Å²) in [5, 5.41) is 2.98. The summed E-state index contributed by atoms with van der Waals surface area (Å²) in [5.74, 6) is -0.187. The van der Waals surface area contributed by atoms with Gasteiger partial charge in [0, 0.05) is 39.8 Å². The molecular formula is C15H25N3O3S. The Hall–Kier alpha value is -1.44. The first-order chi connectivity index (χ1) is 10.1. The normalized spacial score (nSPS) is 11.8. The monoisotopic (exact) mass is 327 g/mol. The third-order valence-corrected chi connectivity index (χ3v) is 5.61. The standard InChI is InChI=1S/C15H25N3O3S/c1-11-9-13(15(19)18(6)8-7-16-3)10-14(12(11)2)22(20,21)17(4)5/h9-10,16H,7-8H2,1-6H3. The Labute approximate surface area is 133 Å². The van der Waals surface area contributed by atoms with Crippen LogP contribution >= 0.6 is 0 Å². The van der Waals surface area contributed by atoms with Crippen LogP contribution < -0.4 is 5.32 Å². The minimum absolute atomic E-state index is 0.183. The van der Waals surface area contributed by atoms with Gasteiger partial charge in [-0.05, 0) is 44.2 Å². The number of likely N-dealkylation sites (N-methyl/N-ethyl adjacent to an activating group) is 2. The van der Waals surface area contributed by atoms with Crippen LogP contribution in [0, 0.1) is 13.8 Å². The first-order valence-corrected chi connectivity index (χ1v) is 8.50. The molecule has 0 heterocycles. The van der Waals surface area contributed by atoms with Gasteiger partial charge < -0.3 is 10.2 Å². The molecule has 1 aromatic carbocycles. The second-order valence-electron chi connectivity index (χ2n) is 5.53. The number of sulfonamides is 1. The minimum Gasteiger partial charge on any atom is -0.340 e. The summed E-state index contributed by atoms with van der Waals surface area (Å²) in [5.41, 5.74) is 1.85. The van der Waals surface area contributed by atoms with Gasteiger partial charge in [0.05, 0.1) is 4.90 Å². The molecule has 7 heteroatoms. The molecule has 0 unspecified atom stereocenters. The average molecular weight is 327 g/mol. The van der Waals surface area contributed by atoms with Crippen LogP contribution in [0.25, 0.3) is 0 Å². The quantitative estimate of drug-likeness (QED) is 0.841. The Morgan fingerprint density at radius 3 is 2.27 bits per heavy atom. The van der Waals surface area contributed by atoms with E-state index in [0.29, 0.717) is 24.2 Å². The number of benzene rings is 1. The Kier molecular flexibility index (Phi) is 6.10. The van der Waals surface area contributed by atoms with E-state index >= 15 is 0 Å². The number of hydrogen-bond donors (Lipinski definition) is 1. The highest BCUT2D eigenvalue weighted by Gasteiger charge is 2.23. The molecule has 1 N–H and O–H groups in total. The third kappa shape index (κ3) is 3.85. The van der Waals surface area contributed by atoms with Crippen LogP contribution in [-0.4, -0.2) is 64.8 Å².